The number of benzene rings is 2. The van der Waals surface area contributed by atoms with E-state index in [1.54, 1.807) is 19.2 Å². The van der Waals surface area contributed by atoms with E-state index in [-0.39, 0.29) is 10.9 Å². The Morgan fingerprint density at radius 1 is 1.17 bits per heavy atom. The number of aryl methyl sites for hydroxylation is 2. The topological polar surface area (TPSA) is 44.1 Å². The molecule has 0 fully saturated rings. The summed E-state index contributed by atoms with van der Waals surface area (Å²) in [4.78, 5) is 16.5. The van der Waals surface area contributed by atoms with E-state index >= 15 is 0 Å². The number of fused-ring (bicyclic) bond motifs is 1. The molecule has 2 aromatic carbocycles. The number of ether oxygens (including phenoxy) is 1. The predicted octanol–water partition coefficient (Wildman–Crippen LogP) is 3.18. The Kier molecular flexibility index (Phi) is 4.37. The van der Waals surface area contributed by atoms with Crippen molar-refractivity contribution >= 4 is 10.9 Å². The lowest BCUT2D eigenvalue weighted by atomic mass is 10.1. The molecule has 0 amide bonds. The van der Waals surface area contributed by atoms with Crippen LogP contribution in [0.3, 0.4) is 0 Å². The molecule has 4 nitrogen and oxygen atoms in total. The van der Waals surface area contributed by atoms with Crippen molar-refractivity contribution in [2.75, 3.05) is 7.11 Å². The molecule has 0 unspecified atom stereocenters. The molecule has 0 saturated heterocycles. The minimum absolute atomic E-state index is 0.0550. The van der Waals surface area contributed by atoms with Gasteiger partial charge in [-0.3, -0.25) is 9.36 Å². The molecule has 1 heterocycles. The number of aromatic nitrogens is 2. The second-order valence-corrected chi connectivity index (χ2v) is 5.33. The van der Waals surface area contributed by atoms with Gasteiger partial charge in [-0.15, -0.1) is 0 Å². The van der Waals surface area contributed by atoms with Crippen LogP contribution in [0.1, 0.15) is 12.0 Å². The highest BCUT2D eigenvalue weighted by Crippen LogP contribution is 2.13. The van der Waals surface area contributed by atoms with E-state index in [1.807, 2.05) is 24.3 Å². The zero-order valence-corrected chi connectivity index (χ0v) is 12.8. The minimum Gasteiger partial charge on any atom is -0.497 e. The maximum Gasteiger partial charge on any atom is 0.264 e. The number of hydrogen-bond acceptors (Lipinski definition) is 3. The summed E-state index contributed by atoms with van der Waals surface area (Å²) in [6.07, 6.45) is 3.08. The molecule has 3 aromatic rings. The molecule has 0 aliphatic heterocycles. The van der Waals surface area contributed by atoms with Gasteiger partial charge in [0, 0.05) is 6.54 Å². The van der Waals surface area contributed by atoms with E-state index in [0.717, 1.165) is 18.6 Å². The second-order valence-electron chi connectivity index (χ2n) is 5.33. The van der Waals surface area contributed by atoms with Gasteiger partial charge < -0.3 is 4.74 Å². The summed E-state index contributed by atoms with van der Waals surface area (Å²) in [6, 6.07) is 12.3. The lowest BCUT2D eigenvalue weighted by Gasteiger charge is -2.07. The fourth-order valence-corrected chi connectivity index (χ4v) is 2.56. The zero-order valence-electron chi connectivity index (χ0n) is 12.8. The zero-order chi connectivity index (χ0) is 16.2. The number of nitrogens with zero attached hydrogens (tertiary/aromatic N) is 2. The van der Waals surface area contributed by atoms with E-state index in [9.17, 15) is 9.18 Å². The fraction of sp³-hybridized carbons (Fsp3) is 0.222. The molecule has 0 saturated carbocycles. The molecule has 118 valence electrons. The van der Waals surface area contributed by atoms with Gasteiger partial charge in [-0.1, -0.05) is 18.2 Å². The number of halogens is 1. The molecule has 0 aliphatic carbocycles. The second kappa shape index (κ2) is 6.60. The van der Waals surface area contributed by atoms with E-state index in [2.05, 4.69) is 4.98 Å². The minimum atomic E-state index is -0.524. The highest BCUT2D eigenvalue weighted by Gasteiger charge is 2.08. The summed E-state index contributed by atoms with van der Waals surface area (Å²) in [5.74, 6) is 0.295. The van der Waals surface area contributed by atoms with Crippen LogP contribution in [0.2, 0.25) is 0 Å². The van der Waals surface area contributed by atoms with Gasteiger partial charge in [0.1, 0.15) is 17.0 Å². The maximum atomic E-state index is 13.8. The Bertz CT molecular complexity index is 872. The van der Waals surface area contributed by atoms with Crippen LogP contribution < -0.4 is 10.3 Å². The number of rotatable bonds is 5. The van der Waals surface area contributed by atoms with Gasteiger partial charge in [0.2, 0.25) is 0 Å². The first kappa shape index (κ1) is 15.2. The molecule has 0 spiro atoms. The summed E-state index contributed by atoms with van der Waals surface area (Å²) in [5.41, 5.74) is 1.23. The number of hydrogen-bond donors (Lipinski definition) is 0. The van der Waals surface area contributed by atoms with Gasteiger partial charge in [-0.2, -0.15) is 0 Å². The van der Waals surface area contributed by atoms with Crippen molar-refractivity contribution in [2.45, 2.75) is 19.4 Å². The van der Waals surface area contributed by atoms with Gasteiger partial charge in [-0.05, 0) is 42.7 Å². The van der Waals surface area contributed by atoms with Crippen LogP contribution in [-0.4, -0.2) is 16.7 Å². The Labute approximate surface area is 133 Å². The average Bonchev–Trinajstić information content (AvgIpc) is 2.57. The molecule has 0 N–H and O–H groups in total. The van der Waals surface area contributed by atoms with Crippen LogP contribution >= 0.6 is 0 Å². The smallest absolute Gasteiger partial charge is 0.264 e. The van der Waals surface area contributed by atoms with Crippen LogP contribution in [0.5, 0.6) is 5.75 Å². The molecule has 3 rings (SSSR count). The van der Waals surface area contributed by atoms with Gasteiger partial charge in [0.25, 0.3) is 5.56 Å². The van der Waals surface area contributed by atoms with Crippen LogP contribution in [0, 0.1) is 5.82 Å². The highest BCUT2D eigenvalue weighted by molar-refractivity contribution is 5.77. The van der Waals surface area contributed by atoms with Crippen molar-refractivity contribution < 1.29 is 9.13 Å². The first-order valence-corrected chi connectivity index (χ1v) is 7.45. The maximum absolute atomic E-state index is 13.8. The Morgan fingerprint density at radius 2 is 1.96 bits per heavy atom. The average molecular weight is 312 g/mol. The van der Waals surface area contributed by atoms with E-state index in [0.29, 0.717) is 12.1 Å². The van der Waals surface area contributed by atoms with Gasteiger partial charge in [0.15, 0.2) is 0 Å². The van der Waals surface area contributed by atoms with Crippen LogP contribution in [0.15, 0.2) is 53.6 Å². The molecule has 0 aliphatic rings. The third kappa shape index (κ3) is 3.23. The van der Waals surface area contributed by atoms with E-state index < -0.39 is 5.82 Å². The third-order valence-electron chi connectivity index (χ3n) is 3.83. The standard InChI is InChI=1S/C18H17FN2O2/c1-23-14-9-7-13(8-10-14)4-3-11-21-12-20-16-6-2-5-15(19)17(16)18(21)22/h2,5-10,12H,3-4,11H2,1H3. The quantitative estimate of drug-likeness (QED) is 0.727. The van der Waals surface area contributed by atoms with Crippen molar-refractivity contribution in [3.05, 3.63) is 70.5 Å². The molecule has 0 atom stereocenters. The van der Waals surface area contributed by atoms with Crippen molar-refractivity contribution in [2.24, 2.45) is 0 Å². The van der Waals surface area contributed by atoms with Crippen LogP contribution in [-0.2, 0) is 13.0 Å². The molecule has 0 bridgehead atoms. The highest BCUT2D eigenvalue weighted by atomic mass is 19.1. The van der Waals surface area contributed by atoms with Gasteiger partial charge in [-0.25, -0.2) is 9.37 Å². The van der Waals surface area contributed by atoms with Gasteiger partial charge >= 0.3 is 0 Å². The van der Waals surface area contributed by atoms with Crippen LogP contribution in [0.4, 0.5) is 4.39 Å². The van der Waals surface area contributed by atoms with Gasteiger partial charge in [0.05, 0.1) is 19.0 Å². The van der Waals surface area contributed by atoms with Crippen molar-refractivity contribution in [3.63, 3.8) is 0 Å². The van der Waals surface area contributed by atoms with Crippen molar-refractivity contribution in [3.8, 4) is 5.75 Å². The molecule has 1 aromatic heterocycles. The normalized spacial score (nSPS) is 10.9. The lowest BCUT2D eigenvalue weighted by molar-refractivity contribution is 0.414. The predicted molar refractivity (Wildman–Crippen MR) is 87.3 cm³/mol. The van der Waals surface area contributed by atoms with E-state index in [4.69, 9.17) is 4.74 Å². The SMILES string of the molecule is COc1ccc(CCCn2cnc3cccc(F)c3c2=O)cc1. The van der Waals surface area contributed by atoms with Crippen molar-refractivity contribution in [1.82, 2.24) is 9.55 Å². The molecular weight excluding hydrogens is 295 g/mol. The third-order valence-corrected chi connectivity index (χ3v) is 3.83. The Hall–Kier alpha value is -2.69. The fourth-order valence-electron chi connectivity index (χ4n) is 2.56. The number of methoxy groups -OCH3 is 1. The van der Waals surface area contributed by atoms with Crippen molar-refractivity contribution in [1.29, 1.82) is 0 Å². The Balaban J connectivity index is 1.73. The largest absolute Gasteiger partial charge is 0.497 e. The summed E-state index contributed by atoms with van der Waals surface area (Å²) >= 11 is 0. The lowest BCUT2D eigenvalue weighted by Crippen LogP contribution is -2.21. The first-order chi connectivity index (χ1) is 11.2. The summed E-state index contributed by atoms with van der Waals surface area (Å²) in [7, 11) is 1.63. The summed E-state index contributed by atoms with van der Waals surface area (Å²) in [6.45, 7) is 0.502. The van der Waals surface area contributed by atoms with E-state index in [1.165, 1.54) is 22.5 Å². The molecular formula is C18H17FN2O2. The first-order valence-electron chi connectivity index (χ1n) is 7.45. The monoisotopic (exact) mass is 312 g/mol. The molecule has 5 heteroatoms. The van der Waals surface area contributed by atoms with Crippen LogP contribution in [0.25, 0.3) is 10.9 Å². The summed E-state index contributed by atoms with van der Waals surface area (Å²) in [5, 5.41) is 0.0550. The Morgan fingerprint density at radius 3 is 2.70 bits per heavy atom. The molecule has 0 radical (unpaired) electrons. The molecule has 23 heavy (non-hydrogen) atoms. The summed E-state index contributed by atoms with van der Waals surface area (Å²) < 4.78 is 20.4.